The number of aromatic nitrogens is 1. The number of fused-ring (bicyclic) bond motifs is 2. The summed E-state index contributed by atoms with van der Waals surface area (Å²) in [6, 6.07) is 18.6. The molecule has 0 aliphatic carbocycles. The number of nitrogens with zero attached hydrogens (tertiary/aromatic N) is 1. The molecule has 156 valence electrons. The minimum Gasteiger partial charge on any atom is -0.497 e. The van der Waals surface area contributed by atoms with Gasteiger partial charge in [-0.05, 0) is 53.6 Å². The number of nitrogens with one attached hydrogen (secondary N) is 1. The molecule has 3 aromatic carbocycles. The lowest BCUT2D eigenvalue weighted by Crippen LogP contribution is -2.22. The second kappa shape index (κ2) is 8.02. The number of oxazole rings is 1. The molecule has 0 spiro atoms. The Labute approximate surface area is 178 Å². The molecule has 0 bridgehead atoms. The van der Waals surface area contributed by atoms with Crippen molar-refractivity contribution >= 4 is 17.0 Å². The normalized spacial score (nSPS) is 12.2. The SMILES string of the molecule is COc1ccc(Cc2nc3ccc(C(=O)NCc4ccc5c(c4)OCO5)cc3o2)cc1. The quantitative estimate of drug-likeness (QED) is 0.510. The van der Waals surface area contributed by atoms with Gasteiger partial charge in [-0.2, -0.15) is 0 Å². The summed E-state index contributed by atoms with van der Waals surface area (Å²) in [4.78, 5) is 17.1. The highest BCUT2D eigenvalue weighted by atomic mass is 16.7. The van der Waals surface area contributed by atoms with Crippen molar-refractivity contribution < 1.29 is 23.4 Å². The molecular weight excluding hydrogens is 396 g/mol. The molecule has 7 nitrogen and oxygen atoms in total. The predicted octanol–water partition coefficient (Wildman–Crippen LogP) is 4.09. The number of ether oxygens (including phenoxy) is 3. The van der Waals surface area contributed by atoms with Gasteiger partial charge in [0.05, 0.1) is 7.11 Å². The summed E-state index contributed by atoms with van der Waals surface area (Å²) in [6.45, 7) is 0.607. The van der Waals surface area contributed by atoms with Crippen LogP contribution < -0.4 is 19.5 Å². The number of hydrogen-bond acceptors (Lipinski definition) is 6. The van der Waals surface area contributed by atoms with E-state index in [9.17, 15) is 4.79 Å². The molecule has 0 unspecified atom stereocenters. The van der Waals surface area contributed by atoms with E-state index in [4.69, 9.17) is 18.6 Å². The summed E-state index contributed by atoms with van der Waals surface area (Å²) in [5, 5.41) is 2.92. The van der Waals surface area contributed by atoms with Crippen molar-refractivity contribution in [1.82, 2.24) is 10.3 Å². The fourth-order valence-electron chi connectivity index (χ4n) is 3.44. The largest absolute Gasteiger partial charge is 0.497 e. The molecule has 5 rings (SSSR count). The molecule has 7 heteroatoms. The monoisotopic (exact) mass is 416 g/mol. The first-order valence-corrected chi connectivity index (χ1v) is 9.87. The summed E-state index contributed by atoms with van der Waals surface area (Å²) in [6.07, 6.45) is 0.560. The number of carbonyl (C=O) groups is 1. The van der Waals surface area contributed by atoms with E-state index < -0.39 is 0 Å². The Morgan fingerprint density at radius 2 is 1.81 bits per heavy atom. The molecule has 31 heavy (non-hydrogen) atoms. The van der Waals surface area contributed by atoms with E-state index in [1.165, 1.54) is 0 Å². The van der Waals surface area contributed by atoms with Crippen molar-refractivity contribution in [3.8, 4) is 17.2 Å². The molecule has 0 fully saturated rings. The molecule has 1 aliphatic rings. The maximum atomic E-state index is 12.6. The molecule has 0 saturated carbocycles. The van der Waals surface area contributed by atoms with E-state index >= 15 is 0 Å². The van der Waals surface area contributed by atoms with E-state index in [2.05, 4.69) is 10.3 Å². The van der Waals surface area contributed by atoms with Gasteiger partial charge in [-0.25, -0.2) is 4.98 Å². The molecule has 4 aromatic rings. The number of rotatable bonds is 6. The summed E-state index contributed by atoms with van der Waals surface area (Å²) >= 11 is 0. The van der Waals surface area contributed by atoms with Crippen molar-refractivity contribution in [1.29, 1.82) is 0 Å². The first-order valence-electron chi connectivity index (χ1n) is 9.87. The van der Waals surface area contributed by atoms with Crippen LogP contribution in [0.3, 0.4) is 0 Å². The Balaban J connectivity index is 1.27. The van der Waals surface area contributed by atoms with Crippen LogP contribution in [0.4, 0.5) is 0 Å². The zero-order valence-electron chi connectivity index (χ0n) is 16.9. The fraction of sp³-hybridized carbons (Fsp3) is 0.167. The van der Waals surface area contributed by atoms with Crippen molar-refractivity contribution in [3.63, 3.8) is 0 Å². The van der Waals surface area contributed by atoms with Gasteiger partial charge in [-0.15, -0.1) is 0 Å². The lowest BCUT2D eigenvalue weighted by molar-refractivity contribution is 0.0951. The molecule has 0 radical (unpaired) electrons. The molecule has 1 aromatic heterocycles. The molecule has 2 heterocycles. The topological polar surface area (TPSA) is 82.8 Å². The van der Waals surface area contributed by atoms with Gasteiger partial charge in [0.1, 0.15) is 11.3 Å². The predicted molar refractivity (Wildman–Crippen MR) is 114 cm³/mol. The van der Waals surface area contributed by atoms with Gasteiger partial charge >= 0.3 is 0 Å². The number of methoxy groups -OCH3 is 1. The van der Waals surface area contributed by atoms with E-state index in [0.29, 0.717) is 35.8 Å². The Hall–Kier alpha value is -4.00. The van der Waals surface area contributed by atoms with Crippen LogP contribution in [-0.2, 0) is 13.0 Å². The first-order chi connectivity index (χ1) is 15.2. The van der Waals surface area contributed by atoms with Crippen LogP contribution in [0, 0.1) is 0 Å². The fourth-order valence-corrected chi connectivity index (χ4v) is 3.44. The summed E-state index contributed by atoms with van der Waals surface area (Å²) < 4.78 is 21.7. The Kier molecular flexibility index (Phi) is 4.92. The van der Waals surface area contributed by atoms with Gasteiger partial charge in [0, 0.05) is 18.5 Å². The second-order valence-corrected chi connectivity index (χ2v) is 7.19. The lowest BCUT2D eigenvalue weighted by atomic mass is 10.1. The third kappa shape index (κ3) is 4.02. The zero-order valence-corrected chi connectivity index (χ0v) is 16.9. The first kappa shape index (κ1) is 19.0. The molecule has 1 N–H and O–H groups in total. The van der Waals surface area contributed by atoms with Crippen molar-refractivity contribution in [2.24, 2.45) is 0 Å². The van der Waals surface area contributed by atoms with Crippen LogP contribution in [0.5, 0.6) is 17.2 Å². The van der Waals surface area contributed by atoms with Crippen LogP contribution in [0.15, 0.2) is 65.1 Å². The van der Waals surface area contributed by atoms with E-state index in [0.717, 1.165) is 28.1 Å². The third-order valence-corrected chi connectivity index (χ3v) is 5.10. The minimum atomic E-state index is -0.187. The highest BCUT2D eigenvalue weighted by Gasteiger charge is 2.15. The van der Waals surface area contributed by atoms with Gasteiger partial charge in [0.2, 0.25) is 6.79 Å². The van der Waals surface area contributed by atoms with E-state index in [1.54, 1.807) is 25.3 Å². The van der Waals surface area contributed by atoms with Crippen molar-refractivity contribution in [3.05, 3.63) is 83.2 Å². The van der Waals surface area contributed by atoms with Crippen LogP contribution in [-0.4, -0.2) is 24.8 Å². The average Bonchev–Trinajstić information content (AvgIpc) is 3.43. The van der Waals surface area contributed by atoms with E-state index in [1.807, 2.05) is 42.5 Å². The Morgan fingerprint density at radius 3 is 2.65 bits per heavy atom. The molecule has 1 amide bonds. The molecule has 0 saturated heterocycles. The number of benzene rings is 3. The standard InChI is InChI=1S/C24H20N2O5/c1-28-18-6-2-15(3-7-18)11-23-26-19-8-5-17(12-21(19)31-23)24(27)25-13-16-4-9-20-22(10-16)30-14-29-20/h2-10,12H,11,13-14H2,1H3,(H,25,27). The number of amides is 1. The van der Waals surface area contributed by atoms with Crippen LogP contribution in [0.1, 0.15) is 27.4 Å². The maximum absolute atomic E-state index is 12.6. The second-order valence-electron chi connectivity index (χ2n) is 7.19. The Morgan fingerprint density at radius 1 is 1.00 bits per heavy atom. The Bertz CT molecular complexity index is 1250. The highest BCUT2D eigenvalue weighted by Crippen LogP contribution is 2.32. The van der Waals surface area contributed by atoms with Gasteiger partial charge in [0.25, 0.3) is 5.91 Å². The summed E-state index contributed by atoms with van der Waals surface area (Å²) in [5.74, 6) is 2.62. The number of hydrogen-bond donors (Lipinski definition) is 1. The van der Waals surface area contributed by atoms with Gasteiger partial charge in [0.15, 0.2) is 23.0 Å². The third-order valence-electron chi connectivity index (χ3n) is 5.10. The molecule has 0 atom stereocenters. The lowest BCUT2D eigenvalue weighted by Gasteiger charge is -2.06. The number of carbonyl (C=O) groups excluding carboxylic acids is 1. The summed E-state index contributed by atoms with van der Waals surface area (Å²) in [5.41, 5.74) is 3.81. The molecular formula is C24H20N2O5. The summed E-state index contributed by atoms with van der Waals surface area (Å²) in [7, 11) is 1.64. The maximum Gasteiger partial charge on any atom is 0.251 e. The van der Waals surface area contributed by atoms with Gasteiger partial charge in [-0.3, -0.25) is 4.79 Å². The van der Waals surface area contributed by atoms with E-state index in [-0.39, 0.29) is 12.7 Å². The van der Waals surface area contributed by atoms with Gasteiger partial charge < -0.3 is 23.9 Å². The van der Waals surface area contributed by atoms with Crippen LogP contribution in [0.2, 0.25) is 0 Å². The van der Waals surface area contributed by atoms with Crippen molar-refractivity contribution in [2.45, 2.75) is 13.0 Å². The average molecular weight is 416 g/mol. The zero-order chi connectivity index (χ0) is 21.2. The van der Waals surface area contributed by atoms with Gasteiger partial charge in [-0.1, -0.05) is 18.2 Å². The molecule has 1 aliphatic heterocycles. The van der Waals surface area contributed by atoms with Crippen molar-refractivity contribution in [2.75, 3.05) is 13.9 Å². The van der Waals surface area contributed by atoms with Crippen LogP contribution in [0.25, 0.3) is 11.1 Å². The van der Waals surface area contributed by atoms with Crippen LogP contribution >= 0.6 is 0 Å². The smallest absolute Gasteiger partial charge is 0.251 e. The highest BCUT2D eigenvalue weighted by molar-refractivity contribution is 5.97. The minimum absolute atomic E-state index is 0.187.